The molecule has 0 radical (unpaired) electrons. The summed E-state index contributed by atoms with van der Waals surface area (Å²) in [5.41, 5.74) is 5.81. The van der Waals surface area contributed by atoms with Crippen molar-refractivity contribution in [1.82, 2.24) is 4.57 Å². The van der Waals surface area contributed by atoms with Crippen LogP contribution in [0.2, 0.25) is 0 Å². The van der Waals surface area contributed by atoms with E-state index in [0.717, 1.165) is 0 Å². The molecule has 0 aliphatic carbocycles. The fraction of sp³-hybridized carbons (Fsp3) is 0.200. The number of carbonyl (C=O) groups excluding carboxylic acids is 1. The quantitative estimate of drug-likeness (QED) is 0.933. The number of nitrogens with zero attached hydrogens (tertiary/aromatic N) is 1. The molecule has 2 rings (SSSR count). The number of primary amides is 1. The number of nitrogens with two attached hydrogens (primary N) is 1. The zero-order chi connectivity index (χ0) is 14.9. The molecule has 0 aliphatic heterocycles. The normalized spacial score (nSPS) is 10.8. The molecule has 1 aromatic heterocycles. The molecule has 20 heavy (non-hydrogen) atoms. The number of rotatable bonds is 3. The van der Waals surface area contributed by atoms with Gasteiger partial charge in [-0.1, -0.05) is 0 Å². The summed E-state index contributed by atoms with van der Waals surface area (Å²) in [6.45, 7) is 3.84. The van der Waals surface area contributed by atoms with Crippen LogP contribution in [0, 0.1) is 5.82 Å². The zero-order valence-corrected chi connectivity index (χ0v) is 11.3. The lowest BCUT2D eigenvalue weighted by molar-refractivity contribution is 0.0999. The molecule has 0 aliphatic rings. The van der Waals surface area contributed by atoms with Gasteiger partial charge in [-0.25, -0.2) is 4.39 Å². The molecule has 4 nitrogen and oxygen atoms in total. The Morgan fingerprint density at radius 2 is 1.80 bits per heavy atom. The molecule has 0 fully saturated rings. The number of aromatic nitrogens is 1. The van der Waals surface area contributed by atoms with E-state index in [2.05, 4.69) is 0 Å². The van der Waals surface area contributed by atoms with Crippen LogP contribution < -0.4 is 11.2 Å². The Labute approximate surface area is 115 Å². The average molecular weight is 274 g/mol. The average Bonchev–Trinajstić information content (AvgIpc) is 2.38. The topological polar surface area (TPSA) is 65.1 Å². The first-order valence-electron chi connectivity index (χ1n) is 6.22. The van der Waals surface area contributed by atoms with Gasteiger partial charge >= 0.3 is 0 Å². The van der Waals surface area contributed by atoms with Crippen LogP contribution in [0.15, 0.2) is 41.3 Å². The van der Waals surface area contributed by atoms with Gasteiger partial charge in [0.15, 0.2) is 5.43 Å². The molecule has 0 atom stereocenters. The molecule has 0 unspecified atom stereocenters. The first-order chi connectivity index (χ1) is 9.41. The fourth-order valence-electron chi connectivity index (χ4n) is 2.12. The van der Waals surface area contributed by atoms with Crippen LogP contribution in [-0.2, 0) is 0 Å². The molecule has 1 aromatic carbocycles. The molecular formula is C15H15FN2O2. The second-order valence-electron chi connectivity index (χ2n) is 4.78. The van der Waals surface area contributed by atoms with Crippen LogP contribution in [0.4, 0.5) is 4.39 Å². The van der Waals surface area contributed by atoms with E-state index >= 15 is 0 Å². The van der Waals surface area contributed by atoms with Crippen molar-refractivity contribution >= 4 is 5.91 Å². The molecular weight excluding hydrogens is 259 g/mol. The van der Waals surface area contributed by atoms with E-state index in [0.29, 0.717) is 11.3 Å². The lowest BCUT2D eigenvalue weighted by atomic mass is 10.0. The van der Waals surface area contributed by atoms with Crippen molar-refractivity contribution in [1.29, 1.82) is 0 Å². The van der Waals surface area contributed by atoms with Crippen molar-refractivity contribution in [3.63, 3.8) is 0 Å². The van der Waals surface area contributed by atoms with Crippen LogP contribution in [0.25, 0.3) is 11.3 Å². The van der Waals surface area contributed by atoms with E-state index in [1.54, 1.807) is 10.8 Å². The van der Waals surface area contributed by atoms with Crippen LogP contribution >= 0.6 is 0 Å². The molecule has 104 valence electrons. The SMILES string of the molecule is CC(C)n1ccc(=O)c(C(N)=O)c1-c1ccc(F)cc1. The number of hydrogen-bond donors (Lipinski definition) is 1. The summed E-state index contributed by atoms with van der Waals surface area (Å²) in [5, 5.41) is 0. The van der Waals surface area contributed by atoms with Gasteiger partial charge in [-0.3, -0.25) is 9.59 Å². The van der Waals surface area contributed by atoms with Crippen molar-refractivity contribution in [3.05, 3.63) is 58.1 Å². The number of amides is 1. The highest BCUT2D eigenvalue weighted by atomic mass is 19.1. The highest BCUT2D eigenvalue weighted by Crippen LogP contribution is 2.24. The maximum atomic E-state index is 13.0. The smallest absolute Gasteiger partial charge is 0.254 e. The lowest BCUT2D eigenvalue weighted by Crippen LogP contribution is -2.26. The molecule has 5 heteroatoms. The van der Waals surface area contributed by atoms with Gasteiger partial charge in [0.2, 0.25) is 0 Å². The number of halogens is 1. The summed E-state index contributed by atoms with van der Waals surface area (Å²) in [4.78, 5) is 23.5. The minimum Gasteiger partial charge on any atom is -0.365 e. The Morgan fingerprint density at radius 1 is 1.20 bits per heavy atom. The van der Waals surface area contributed by atoms with Gasteiger partial charge in [0.25, 0.3) is 5.91 Å². The van der Waals surface area contributed by atoms with Gasteiger partial charge in [-0.2, -0.15) is 0 Å². The van der Waals surface area contributed by atoms with Crippen molar-refractivity contribution in [2.75, 3.05) is 0 Å². The maximum absolute atomic E-state index is 13.0. The Balaban J connectivity index is 2.83. The van der Waals surface area contributed by atoms with Crippen molar-refractivity contribution in [2.24, 2.45) is 5.73 Å². The van der Waals surface area contributed by atoms with E-state index in [-0.39, 0.29) is 17.4 Å². The van der Waals surface area contributed by atoms with Gasteiger partial charge in [-0.15, -0.1) is 0 Å². The zero-order valence-electron chi connectivity index (χ0n) is 11.3. The summed E-state index contributed by atoms with van der Waals surface area (Å²) >= 11 is 0. The third-order valence-electron chi connectivity index (χ3n) is 3.05. The Bertz CT molecular complexity index is 703. The molecule has 2 aromatic rings. The predicted molar refractivity (Wildman–Crippen MR) is 75.0 cm³/mol. The van der Waals surface area contributed by atoms with Gasteiger partial charge in [0.05, 0.1) is 5.69 Å². The van der Waals surface area contributed by atoms with E-state index in [9.17, 15) is 14.0 Å². The van der Waals surface area contributed by atoms with Crippen molar-refractivity contribution < 1.29 is 9.18 Å². The molecule has 2 N–H and O–H groups in total. The van der Waals surface area contributed by atoms with Gasteiger partial charge in [0, 0.05) is 18.3 Å². The van der Waals surface area contributed by atoms with Crippen LogP contribution in [-0.4, -0.2) is 10.5 Å². The van der Waals surface area contributed by atoms with Crippen LogP contribution in [0.3, 0.4) is 0 Å². The highest BCUT2D eigenvalue weighted by molar-refractivity contribution is 5.98. The summed E-state index contributed by atoms with van der Waals surface area (Å²) in [6, 6.07) is 6.94. The molecule has 1 heterocycles. The second-order valence-corrected chi connectivity index (χ2v) is 4.78. The largest absolute Gasteiger partial charge is 0.365 e. The fourth-order valence-corrected chi connectivity index (χ4v) is 2.12. The van der Waals surface area contributed by atoms with Gasteiger partial charge < -0.3 is 10.3 Å². The summed E-state index contributed by atoms with van der Waals surface area (Å²) in [7, 11) is 0. The number of pyridine rings is 1. The number of hydrogen-bond acceptors (Lipinski definition) is 2. The third kappa shape index (κ3) is 2.47. The van der Waals surface area contributed by atoms with E-state index < -0.39 is 11.3 Å². The van der Waals surface area contributed by atoms with Gasteiger partial charge in [-0.05, 0) is 43.7 Å². The molecule has 0 saturated heterocycles. The third-order valence-corrected chi connectivity index (χ3v) is 3.05. The Hall–Kier alpha value is -2.43. The van der Waals surface area contributed by atoms with E-state index in [4.69, 9.17) is 5.73 Å². The van der Waals surface area contributed by atoms with E-state index in [1.807, 2.05) is 13.8 Å². The number of benzene rings is 1. The predicted octanol–water partition coefficient (Wildman–Crippen LogP) is 2.33. The maximum Gasteiger partial charge on any atom is 0.254 e. The van der Waals surface area contributed by atoms with E-state index in [1.165, 1.54) is 30.3 Å². The number of carbonyl (C=O) groups is 1. The molecule has 0 spiro atoms. The second kappa shape index (κ2) is 5.28. The minimum absolute atomic E-state index is 0.0220. The lowest BCUT2D eigenvalue weighted by Gasteiger charge is -2.19. The van der Waals surface area contributed by atoms with Crippen molar-refractivity contribution in [3.8, 4) is 11.3 Å². The minimum atomic E-state index is -0.788. The van der Waals surface area contributed by atoms with Crippen LogP contribution in [0.1, 0.15) is 30.2 Å². The molecule has 0 saturated carbocycles. The summed E-state index contributed by atoms with van der Waals surface area (Å²) in [5.74, 6) is -1.17. The summed E-state index contributed by atoms with van der Waals surface area (Å²) in [6.07, 6.45) is 1.61. The van der Waals surface area contributed by atoms with Crippen LogP contribution in [0.5, 0.6) is 0 Å². The molecule has 1 amide bonds. The molecule has 0 bridgehead atoms. The first kappa shape index (κ1) is 14.0. The Morgan fingerprint density at radius 3 is 2.30 bits per heavy atom. The first-order valence-corrected chi connectivity index (χ1v) is 6.22. The standard InChI is InChI=1S/C15H15FN2O2/c1-9(2)18-8-7-12(19)13(15(17)20)14(18)10-3-5-11(16)6-4-10/h3-9H,1-2H3,(H2,17,20). The van der Waals surface area contributed by atoms with Gasteiger partial charge in [0.1, 0.15) is 11.4 Å². The Kier molecular flexibility index (Phi) is 3.70. The monoisotopic (exact) mass is 274 g/mol. The highest BCUT2D eigenvalue weighted by Gasteiger charge is 2.18. The summed E-state index contributed by atoms with van der Waals surface area (Å²) < 4.78 is 14.8. The van der Waals surface area contributed by atoms with Crippen molar-refractivity contribution in [2.45, 2.75) is 19.9 Å².